The van der Waals surface area contributed by atoms with E-state index in [1.165, 1.54) is 12.1 Å². The van der Waals surface area contributed by atoms with Gasteiger partial charge in [-0.15, -0.1) is 0 Å². The van der Waals surface area contributed by atoms with Crippen molar-refractivity contribution < 1.29 is 18.0 Å². The van der Waals surface area contributed by atoms with E-state index in [0.717, 1.165) is 12.1 Å². The Labute approximate surface area is 97.3 Å². The van der Waals surface area contributed by atoms with Gasteiger partial charge in [0.15, 0.2) is 6.29 Å². The molecule has 5 heteroatoms. The lowest BCUT2D eigenvalue weighted by Gasteiger charge is -2.09. The first-order valence-electron chi connectivity index (χ1n) is 4.85. The van der Waals surface area contributed by atoms with Crippen LogP contribution in [0.15, 0.2) is 30.5 Å². The topological polar surface area (TPSA) is 20.3 Å². The second-order valence-corrected chi connectivity index (χ2v) is 3.74. The highest BCUT2D eigenvalue weighted by atomic mass is 19.4. The molecule has 0 unspecified atom stereocenters. The van der Waals surface area contributed by atoms with E-state index in [1.807, 2.05) is 0 Å². The van der Waals surface area contributed by atoms with Gasteiger partial charge in [0.05, 0.1) is 5.56 Å². The van der Waals surface area contributed by atoms with Crippen LogP contribution in [0.5, 0.6) is 0 Å². The van der Waals surface area contributed by atoms with Crippen molar-refractivity contribution in [3.63, 3.8) is 0 Å². The van der Waals surface area contributed by atoms with Crippen LogP contribution < -0.4 is 0 Å². The van der Waals surface area contributed by atoms with E-state index in [9.17, 15) is 18.0 Å². The molecule has 0 saturated carbocycles. The van der Waals surface area contributed by atoms with Crippen LogP contribution in [0.3, 0.4) is 0 Å². The number of halogens is 3. The lowest BCUT2D eigenvalue weighted by atomic mass is 10.1. The maximum Gasteiger partial charge on any atom is 0.416 e. The second-order valence-electron chi connectivity index (χ2n) is 3.74. The molecule has 1 rings (SSSR count). The predicted molar refractivity (Wildman–Crippen MR) is 59.2 cm³/mol. The molecule has 17 heavy (non-hydrogen) atoms. The Morgan fingerprint density at radius 1 is 1.18 bits per heavy atom. The van der Waals surface area contributed by atoms with E-state index >= 15 is 0 Å². The van der Waals surface area contributed by atoms with E-state index in [4.69, 9.17) is 0 Å². The van der Waals surface area contributed by atoms with Crippen molar-refractivity contribution in [2.45, 2.75) is 6.18 Å². The van der Waals surface area contributed by atoms with Crippen molar-refractivity contribution in [1.82, 2.24) is 4.90 Å². The summed E-state index contributed by atoms with van der Waals surface area (Å²) in [4.78, 5) is 12.5. The van der Waals surface area contributed by atoms with E-state index in [0.29, 0.717) is 17.4 Å². The van der Waals surface area contributed by atoms with Crippen molar-refractivity contribution in [1.29, 1.82) is 0 Å². The van der Waals surface area contributed by atoms with Crippen LogP contribution in [-0.4, -0.2) is 25.3 Å². The van der Waals surface area contributed by atoms with Gasteiger partial charge in [-0.3, -0.25) is 4.79 Å². The summed E-state index contributed by atoms with van der Waals surface area (Å²) in [6, 6.07) is 4.49. The average Bonchev–Trinajstić information content (AvgIpc) is 2.24. The van der Waals surface area contributed by atoms with Crippen molar-refractivity contribution in [3.05, 3.63) is 41.6 Å². The largest absolute Gasteiger partial charge is 0.416 e. The number of nitrogens with zero attached hydrogens (tertiary/aromatic N) is 1. The zero-order valence-corrected chi connectivity index (χ0v) is 9.45. The van der Waals surface area contributed by atoms with E-state index < -0.39 is 11.7 Å². The van der Waals surface area contributed by atoms with Gasteiger partial charge >= 0.3 is 6.18 Å². The van der Waals surface area contributed by atoms with Crippen molar-refractivity contribution >= 4 is 11.9 Å². The first-order chi connectivity index (χ1) is 7.84. The smallest absolute Gasteiger partial charge is 0.383 e. The fourth-order valence-corrected chi connectivity index (χ4v) is 1.30. The van der Waals surface area contributed by atoms with Gasteiger partial charge in [-0.25, -0.2) is 0 Å². The number of alkyl halides is 3. The number of hydrogen-bond donors (Lipinski definition) is 0. The molecule has 0 radical (unpaired) electrons. The molecule has 0 aliphatic rings. The Hall–Kier alpha value is -1.78. The highest BCUT2D eigenvalue weighted by molar-refractivity contribution is 6.06. The number of allylic oxidation sites excluding steroid dienone is 1. The van der Waals surface area contributed by atoms with Crippen molar-refractivity contribution in [2.24, 2.45) is 0 Å². The zero-order valence-electron chi connectivity index (χ0n) is 9.45. The molecule has 0 spiro atoms. The summed E-state index contributed by atoms with van der Waals surface area (Å²) in [7, 11) is 3.46. The summed E-state index contributed by atoms with van der Waals surface area (Å²) in [5, 5.41) is 0. The van der Waals surface area contributed by atoms with E-state index in [1.54, 1.807) is 25.2 Å². The Bertz CT molecular complexity index is 418. The van der Waals surface area contributed by atoms with Gasteiger partial charge in [-0.1, -0.05) is 12.1 Å². The summed E-state index contributed by atoms with van der Waals surface area (Å²) < 4.78 is 37.0. The lowest BCUT2D eigenvalue weighted by Crippen LogP contribution is -2.05. The molecule has 0 bridgehead atoms. The van der Waals surface area contributed by atoms with Gasteiger partial charge in [0.2, 0.25) is 0 Å². The Morgan fingerprint density at radius 3 is 2.06 bits per heavy atom. The monoisotopic (exact) mass is 243 g/mol. The van der Waals surface area contributed by atoms with Gasteiger partial charge in [0.1, 0.15) is 0 Å². The highest BCUT2D eigenvalue weighted by Gasteiger charge is 2.29. The van der Waals surface area contributed by atoms with E-state index in [2.05, 4.69) is 0 Å². The number of benzene rings is 1. The summed E-state index contributed by atoms with van der Waals surface area (Å²) in [6.07, 6.45) is -2.19. The quantitative estimate of drug-likeness (QED) is 0.601. The maximum absolute atomic E-state index is 12.3. The molecule has 0 aliphatic carbocycles. The zero-order chi connectivity index (χ0) is 13.1. The lowest BCUT2D eigenvalue weighted by molar-refractivity contribution is -0.137. The van der Waals surface area contributed by atoms with Crippen LogP contribution in [0.2, 0.25) is 0 Å². The van der Waals surface area contributed by atoms with Crippen LogP contribution in [0.1, 0.15) is 11.1 Å². The first kappa shape index (κ1) is 13.3. The number of carbonyl (C=O) groups excluding carboxylic acids is 1. The van der Waals surface area contributed by atoms with Gasteiger partial charge in [-0.05, 0) is 17.7 Å². The molecule has 0 aromatic heterocycles. The Kier molecular flexibility index (Phi) is 3.93. The molecule has 1 aromatic carbocycles. The minimum Gasteiger partial charge on any atom is -0.383 e. The second kappa shape index (κ2) is 5.03. The number of rotatable bonds is 3. The molecule has 0 amide bonds. The third kappa shape index (κ3) is 3.62. The molecule has 0 saturated heterocycles. The fourth-order valence-electron chi connectivity index (χ4n) is 1.30. The van der Waals surface area contributed by atoms with Gasteiger partial charge in [0, 0.05) is 25.9 Å². The van der Waals surface area contributed by atoms with E-state index in [-0.39, 0.29) is 0 Å². The summed E-state index contributed by atoms with van der Waals surface area (Å²) in [5.74, 6) is 0. The van der Waals surface area contributed by atoms with Crippen LogP contribution in [-0.2, 0) is 11.0 Å². The third-order valence-electron chi connectivity index (χ3n) is 2.07. The van der Waals surface area contributed by atoms with Crippen molar-refractivity contribution in [2.75, 3.05) is 14.1 Å². The molecule has 2 nitrogen and oxygen atoms in total. The van der Waals surface area contributed by atoms with Crippen LogP contribution in [0.25, 0.3) is 5.57 Å². The molecule has 0 aliphatic heterocycles. The standard InChI is InChI=1S/C12H12F3NO/c1-16(2)7-10(8-17)9-3-5-11(6-4-9)12(13,14)15/h3-8H,1-2H3/b10-7-. The predicted octanol–water partition coefficient (Wildman–Crippen LogP) is 2.81. The summed E-state index contributed by atoms with van der Waals surface area (Å²) in [5.41, 5.74) is 0.0711. The maximum atomic E-state index is 12.3. The normalized spacial score (nSPS) is 12.4. The van der Waals surface area contributed by atoms with Crippen molar-refractivity contribution in [3.8, 4) is 0 Å². The SMILES string of the molecule is CN(C)/C=C(/C=O)c1ccc(C(F)(F)F)cc1. The van der Waals surface area contributed by atoms with Gasteiger partial charge < -0.3 is 4.90 Å². The first-order valence-corrected chi connectivity index (χ1v) is 4.85. The third-order valence-corrected chi connectivity index (χ3v) is 2.07. The fraction of sp³-hybridized carbons (Fsp3) is 0.250. The van der Waals surface area contributed by atoms with Gasteiger partial charge in [0.25, 0.3) is 0 Å². The number of aldehydes is 1. The molecule has 0 atom stereocenters. The van der Waals surface area contributed by atoms with Gasteiger partial charge in [-0.2, -0.15) is 13.2 Å². The molecule has 1 aromatic rings. The molecule has 0 N–H and O–H groups in total. The molecule has 0 fully saturated rings. The summed E-state index contributed by atoms with van der Waals surface area (Å²) in [6.45, 7) is 0. The minimum atomic E-state index is -4.36. The minimum absolute atomic E-state index is 0.337. The van der Waals surface area contributed by atoms with Crippen LogP contribution >= 0.6 is 0 Å². The molecule has 0 heterocycles. The summed E-state index contributed by atoms with van der Waals surface area (Å²) >= 11 is 0. The Balaban J connectivity index is 3.06. The molecule has 92 valence electrons. The van der Waals surface area contributed by atoms with Crippen LogP contribution in [0, 0.1) is 0 Å². The van der Waals surface area contributed by atoms with Crippen LogP contribution in [0.4, 0.5) is 13.2 Å². The number of carbonyl (C=O) groups is 1. The molecular weight excluding hydrogens is 231 g/mol. The Morgan fingerprint density at radius 2 is 1.71 bits per heavy atom. The average molecular weight is 243 g/mol. The number of hydrogen-bond acceptors (Lipinski definition) is 2. The molecular formula is C12H12F3NO. The highest BCUT2D eigenvalue weighted by Crippen LogP contribution is 2.29.